The standard InChI is InChI=1S/C17H32N2O2/c1-2-3-4-5-6-7-12-15(17(18)21)19-16(20)13-14-10-8-9-11-14/h14-15H,2-13H2,1H3,(H2,18,21)(H,19,20)/t15-/m1/s1. The maximum Gasteiger partial charge on any atom is 0.239 e. The number of carbonyl (C=O) groups is 2. The Morgan fingerprint density at radius 2 is 1.71 bits per heavy atom. The molecule has 21 heavy (non-hydrogen) atoms. The summed E-state index contributed by atoms with van der Waals surface area (Å²) in [5.74, 6) is 0.104. The Morgan fingerprint density at radius 3 is 2.33 bits per heavy atom. The highest BCUT2D eigenvalue weighted by molar-refractivity contribution is 5.86. The fourth-order valence-corrected chi connectivity index (χ4v) is 3.14. The van der Waals surface area contributed by atoms with E-state index in [9.17, 15) is 9.59 Å². The van der Waals surface area contributed by atoms with Gasteiger partial charge in [-0.2, -0.15) is 0 Å². The number of primary amides is 1. The number of nitrogens with two attached hydrogens (primary N) is 1. The van der Waals surface area contributed by atoms with E-state index in [2.05, 4.69) is 12.2 Å². The Hall–Kier alpha value is -1.06. The van der Waals surface area contributed by atoms with Crippen molar-refractivity contribution in [2.24, 2.45) is 11.7 Å². The molecular formula is C17H32N2O2. The normalized spacial score (nSPS) is 16.8. The number of unbranched alkanes of at least 4 members (excludes halogenated alkanes) is 5. The van der Waals surface area contributed by atoms with Gasteiger partial charge in [0.05, 0.1) is 0 Å². The molecule has 1 rings (SSSR count). The van der Waals surface area contributed by atoms with Crippen molar-refractivity contribution >= 4 is 11.8 Å². The van der Waals surface area contributed by atoms with Crippen LogP contribution in [0.15, 0.2) is 0 Å². The van der Waals surface area contributed by atoms with E-state index < -0.39 is 11.9 Å². The van der Waals surface area contributed by atoms with Crippen LogP contribution in [0.1, 0.15) is 84.0 Å². The highest BCUT2D eigenvalue weighted by Crippen LogP contribution is 2.27. The summed E-state index contributed by atoms with van der Waals surface area (Å²) in [4.78, 5) is 23.4. The zero-order chi connectivity index (χ0) is 15.5. The third-order valence-corrected chi connectivity index (χ3v) is 4.47. The largest absolute Gasteiger partial charge is 0.368 e. The van der Waals surface area contributed by atoms with Crippen molar-refractivity contribution in [2.45, 2.75) is 90.0 Å². The zero-order valence-corrected chi connectivity index (χ0v) is 13.5. The van der Waals surface area contributed by atoms with E-state index in [0.29, 0.717) is 18.8 Å². The van der Waals surface area contributed by atoms with Gasteiger partial charge >= 0.3 is 0 Å². The van der Waals surface area contributed by atoms with E-state index in [0.717, 1.165) is 25.7 Å². The topological polar surface area (TPSA) is 72.2 Å². The molecule has 1 atom stereocenters. The van der Waals surface area contributed by atoms with Crippen molar-refractivity contribution in [3.05, 3.63) is 0 Å². The molecule has 4 heteroatoms. The molecule has 1 aliphatic carbocycles. The molecule has 122 valence electrons. The summed E-state index contributed by atoms with van der Waals surface area (Å²) in [5, 5.41) is 2.83. The number of nitrogens with one attached hydrogen (secondary N) is 1. The third-order valence-electron chi connectivity index (χ3n) is 4.47. The van der Waals surface area contributed by atoms with Crippen molar-refractivity contribution < 1.29 is 9.59 Å². The van der Waals surface area contributed by atoms with Crippen molar-refractivity contribution in [3.63, 3.8) is 0 Å². The summed E-state index contributed by atoms with van der Waals surface area (Å²) in [6.07, 6.45) is 13.0. The van der Waals surface area contributed by atoms with Gasteiger partial charge in [0.15, 0.2) is 0 Å². The molecule has 0 aromatic heterocycles. The third kappa shape index (κ3) is 8.08. The summed E-state index contributed by atoms with van der Waals surface area (Å²) in [5.41, 5.74) is 5.40. The Morgan fingerprint density at radius 1 is 1.10 bits per heavy atom. The van der Waals surface area contributed by atoms with Gasteiger partial charge in [-0.15, -0.1) is 0 Å². The fourth-order valence-electron chi connectivity index (χ4n) is 3.14. The average Bonchev–Trinajstić information content (AvgIpc) is 2.93. The molecule has 0 radical (unpaired) electrons. The van der Waals surface area contributed by atoms with Gasteiger partial charge in [-0.1, -0.05) is 58.3 Å². The fraction of sp³-hybridized carbons (Fsp3) is 0.882. The Bertz CT molecular complexity index is 312. The summed E-state index contributed by atoms with van der Waals surface area (Å²) >= 11 is 0. The SMILES string of the molecule is CCCCCCCC[C@@H](NC(=O)CC1CCCC1)C(N)=O. The monoisotopic (exact) mass is 296 g/mol. The van der Waals surface area contributed by atoms with E-state index in [4.69, 9.17) is 5.73 Å². The number of amides is 2. The number of hydrogen-bond donors (Lipinski definition) is 2. The van der Waals surface area contributed by atoms with Crippen LogP contribution in [0, 0.1) is 5.92 Å². The minimum atomic E-state index is -0.481. The first kappa shape index (κ1) is 18.0. The molecule has 0 spiro atoms. The second-order valence-electron chi connectivity index (χ2n) is 6.43. The highest BCUT2D eigenvalue weighted by Gasteiger charge is 2.22. The molecule has 0 aromatic rings. The molecule has 0 aliphatic heterocycles. The lowest BCUT2D eigenvalue weighted by Crippen LogP contribution is -2.44. The van der Waals surface area contributed by atoms with Crippen LogP contribution in [0.25, 0.3) is 0 Å². The molecule has 0 heterocycles. The van der Waals surface area contributed by atoms with Crippen LogP contribution in [0.4, 0.5) is 0 Å². The molecule has 0 unspecified atom stereocenters. The van der Waals surface area contributed by atoms with E-state index in [1.807, 2.05) is 0 Å². The zero-order valence-electron chi connectivity index (χ0n) is 13.5. The van der Waals surface area contributed by atoms with E-state index >= 15 is 0 Å². The van der Waals surface area contributed by atoms with Gasteiger partial charge in [0, 0.05) is 6.42 Å². The number of carbonyl (C=O) groups excluding carboxylic acids is 2. The summed E-state index contributed by atoms with van der Waals surface area (Å²) in [6.45, 7) is 2.20. The van der Waals surface area contributed by atoms with E-state index in [-0.39, 0.29) is 5.91 Å². The van der Waals surface area contributed by atoms with Gasteiger partial charge in [0.1, 0.15) is 6.04 Å². The van der Waals surface area contributed by atoms with Crippen LogP contribution in [0.5, 0.6) is 0 Å². The van der Waals surface area contributed by atoms with Crippen LogP contribution in [0.2, 0.25) is 0 Å². The first-order valence-electron chi connectivity index (χ1n) is 8.72. The second-order valence-corrected chi connectivity index (χ2v) is 6.43. The lowest BCUT2D eigenvalue weighted by molar-refractivity contribution is -0.128. The predicted octanol–water partition coefficient (Wildman–Crippen LogP) is 3.29. The van der Waals surface area contributed by atoms with Crippen molar-refractivity contribution in [1.29, 1.82) is 0 Å². The predicted molar refractivity (Wildman–Crippen MR) is 85.7 cm³/mol. The quantitative estimate of drug-likeness (QED) is 0.574. The molecule has 3 N–H and O–H groups in total. The Balaban J connectivity index is 2.19. The smallest absolute Gasteiger partial charge is 0.239 e. The highest BCUT2D eigenvalue weighted by atomic mass is 16.2. The molecule has 1 fully saturated rings. The van der Waals surface area contributed by atoms with Gasteiger partial charge in [-0.05, 0) is 25.2 Å². The van der Waals surface area contributed by atoms with E-state index in [1.54, 1.807) is 0 Å². The van der Waals surface area contributed by atoms with E-state index in [1.165, 1.54) is 38.5 Å². The molecule has 0 saturated heterocycles. The van der Waals surface area contributed by atoms with Gasteiger partial charge in [0.2, 0.25) is 11.8 Å². The van der Waals surface area contributed by atoms with Crippen LogP contribution in [-0.4, -0.2) is 17.9 Å². The van der Waals surface area contributed by atoms with Gasteiger partial charge < -0.3 is 11.1 Å². The Labute approximate surface area is 129 Å². The van der Waals surface area contributed by atoms with Crippen LogP contribution in [-0.2, 0) is 9.59 Å². The lowest BCUT2D eigenvalue weighted by Gasteiger charge is -2.17. The minimum Gasteiger partial charge on any atom is -0.368 e. The average molecular weight is 296 g/mol. The maximum atomic E-state index is 12.0. The second kappa shape index (κ2) is 10.6. The van der Waals surface area contributed by atoms with Crippen LogP contribution in [0.3, 0.4) is 0 Å². The van der Waals surface area contributed by atoms with Gasteiger partial charge in [-0.3, -0.25) is 9.59 Å². The molecule has 2 amide bonds. The molecule has 0 aromatic carbocycles. The lowest BCUT2D eigenvalue weighted by atomic mass is 10.0. The minimum absolute atomic E-state index is 0.00307. The van der Waals surface area contributed by atoms with Crippen LogP contribution >= 0.6 is 0 Å². The first-order chi connectivity index (χ1) is 10.1. The molecule has 1 saturated carbocycles. The van der Waals surface area contributed by atoms with Crippen molar-refractivity contribution in [3.8, 4) is 0 Å². The number of hydrogen-bond acceptors (Lipinski definition) is 2. The maximum absolute atomic E-state index is 12.0. The summed E-state index contributed by atoms with van der Waals surface area (Å²) in [7, 11) is 0. The molecule has 0 bridgehead atoms. The van der Waals surface area contributed by atoms with Crippen molar-refractivity contribution in [1.82, 2.24) is 5.32 Å². The number of rotatable bonds is 11. The summed E-state index contributed by atoms with van der Waals surface area (Å²) in [6, 6.07) is -0.481. The van der Waals surface area contributed by atoms with Crippen LogP contribution < -0.4 is 11.1 Å². The van der Waals surface area contributed by atoms with Gasteiger partial charge in [0.25, 0.3) is 0 Å². The van der Waals surface area contributed by atoms with Gasteiger partial charge in [-0.25, -0.2) is 0 Å². The molecule has 4 nitrogen and oxygen atoms in total. The first-order valence-corrected chi connectivity index (χ1v) is 8.72. The summed E-state index contributed by atoms with van der Waals surface area (Å²) < 4.78 is 0. The molecule has 1 aliphatic rings. The van der Waals surface area contributed by atoms with Crippen molar-refractivity contribution in [2.75, 3.05) is 0 Å². The Kier molecular flexibility index (Phi) is 9.11. The molecular weight excluding hydrogens is 264 g/mol.